The van der Waals surface area contributed by atoms with Gasteiger partial charge >= 0.3 is 6.18 Å². The molecular formula is C16H10F3N5O2S. The predicted molar refractivity (Wildman–Crippen MR) is 87.9 cm³/mol. The minimum atomic E-state index is -4.77. The van der Waals surface area contributed by atoms with E-state index in [1.165, 1.54) is 36.4 Å². The molecule has 0 aliphatic carbocycles. The molecule has 1 heterocycles. The molecule has 138 valence electrons. The lowest BCUT2D eigenvalue weighted by molar-refractivity contribution is -0.144. The summed E-state index contributed by atoms with van der Waals surface area (Å²) in [5.41, 5.74) is 0.788. The number of primary sulfonamides is 1. The molecule has 0 aliphatic heterocycles. The van der Waals surface area contributed by atoms with E-state index in [1.54, 1.807) is 0 Å². The van der Waals surface area contributed by atoms with Crippen molar-refractivity contribution in [3.05, 3.63) is 59.9 Å². The summed E-state index contributed by atoms with van der Waals surface area (Å²) in [5.74, 6) is -1.47. The molecule has 27 heavy (non-hydrogen) atoms. The van der Waals surface area contributed by atoms with Crippen LogP contribution in [0.15, 0.2) is 53.4 Å². The van der Waals surface area contributed by atoms with E-state index >= 15 is 0 Å². The number of alkyl halides is 3. The molecule has 0 amide bonds. The number of benzene rings is 2. The van der Waals surface area contributed by atoms with E-state index in [4.69, 9.17) is 10.4 Å². The molecule has 11 heteroatoms. The van der Waals surface area contributed by atoms with Crippen molar-refractivity contribution >= 4 is 10.0 Å². The average Bonchev–Trinajstić information content (AvgIpc) is 3.07. The highest BCUT2D eigenvalue weighted by Gasteiger charge is 2.37. The quantitative estimate of drug-likeness (QED) is 0.734. The van der Waals surface area contributed by atoms with Gasteiger partial charge < -0.3 is 0 Å². The third-order valence-electron chi connectivity index (χ3n) is 3.54. The Labute approximate surface area is 151 Å². The Kier molecular flexibility index (Phi) is 4.46. The summed E-state index contributed by atoms with van der Waals surface area (Å²) < 4.78 is 62.8. The van der Waals surface area contributed by atoms with Crippen LogP contribution in [0.4, 0.5) is 13.2 Å². The molecule has 0 radical (unpaired) electrons. The van der Waals surface area contributed by atoms with Gasteiger partial charge in [0.05, 0.1) is 22.2 Å². The third kappa shape index (κ3) is 3.81. The van der Waals surface area contributed by atoms with Gasteiger partial charge in [0.2, 0.25) is 10.0 Å². The number of nitriles is 1. The zero-order valence-corrected chi connectivity index (χ0v) is 14.2. The van der Waals surface area contributed by atoms with Crippen LogP contribution in [0.25, 0.3) is 17.1 Å². The van der Waals surface area contributed by atoms with Gasteiger partial charge in [0, 0.05) is 5.56 Å². The third-order valence-corrected chi connectivity index (χ3v) is 4.47. The van der Waals surface area contributed by atoms with Gasteiger partial charge in [-0.3, -0.25) is 0 Å². The normalized spacial score (nSPS) is 12.0. The molecule has 2 aromatic carbocycles. The molecule has 0 bridgehead atoms. The average molecular weight is 393 g/mol. The van der Waals surface area contributed by atoms with E-state index in [-0.39, 0.29) is 16.4 Å². The second-order valence-electron chi connectivity index (χ2n) is 5.40. The number of aromatic nitrogens is 3. The van der Waals surface area contributed by atoms with E-state index in [9.17, 15) is 21.6 Å². The number of hydrogen-bond acceptors (Lipinski definition) is 5. The van der Waals surface area contributed by atoms with Crippen molar-refractivity contribution in [3.8, 4) is 23.1 Å². The van der Waals surface area contributed by atoms with Gasteiger partial charge in [-0.2, -0.15) is 18.4 Å². The minimum Gasteiger partial charge on any atom is -0.225 e. The van der Waals surface area contributed by atoms with E-state index in [0.29, 0.717) is 11.1 Å². The molecule has 0 fully saturated rings. The lowest BCUT2D eigenvalue weighted by Crippen LogP contribution is -2.12. The molecule has 2 N–H and O–H groups in total. The van der Waals surface area contributed by atoms with Gasteiger partial charge in [-0.05, 0) is 48.5 Å². The second-order valence-corrected chi connectivity index (χ2v) is 6.96. The fraction of sp³-hybridized carbons (Fsp3) is 0.0625. The Morgan fingerprint density at radius 2 is 1.63 bits per heavy atom. The Bertz CT molecular complexity index is 1130. The fourth-order valence-electron chi connectivity index (χ4n) is 2.27. The number of halogens is 3. The lowest BCUT2D eigenvalue weighted by atomic mass is 10.1. The highest BCUT2D eigenvalue weighted by Crippen LogP contribution is 2.30. The molecule has 3 rings (SSSR count). The maximum atomic E-state index is 13.1. The van der Waals surface area contributed by atoms with Crippen molar-refractivity contribution in [1.82, 2.24) is 14.8 Å². The molecule has 0 atom stereocenters. The largest absolute Gasteiger partial charge is 0.453 e. The van der Waals surface area contributed by atoms with Crippen molar-refractivity contribution in [2.45, 2.75) is 11.1 Å². The van der Waals surface area contributed by atoms with Crippen LogP contribution in [-0.4, -0.2) is 23.2 Å². The standard InChI is InChI=1S/C16H10F3N5O2S/c17-16(18,19)15-22-14(11-3-1-10(9-20)2-4-11)24(23-15)12-5-7-13(8-6-12)27(21,25)26/h1-8H,(H2,21,25,26). The number of hydrogen-bond donors (Lipinski definition) is 1. The Morgan fingerprint density at radius 3 is 2.11 bits per heavy atom. The van der Waals surface area contributed by atoms with Crippen molar-refractivity contribution in [2.75, 3.05) is 0 Å². The van der Waals surface area contributed by atoms with Crippen LogP contribution in [0.2, 0.25) is 0 Å². The SMILES string of the molecule is N#Cc1ccc(-c2nc(C(F)(F)F)nn2-c2ccc(S(N)(=O)=O)cc2)cc1. The smallest absolute Gasteiger partial charge is 0.225 e. The van der Waals surface area contributed by atoms with E-state index in [0.717, 1.165) is 16.8 Å². The highest BCUT2D eigenvalue weighted by molar-refractivity contribution is 7.89. The molecule has 3 aromatic rings. The van der Waals surface area contributed by atoms with Crippen LogP contribution < -0.4 is 5.14 Å². The Morgan fingerprint density at radius 1 is 1.04 bits per heavy atom. The predicted octanol–water partition coefficient (Wildman–Crippen LogP) is 2.47. The van der Waals surface area contributed by atoms with Crippen LogP contribution >= 0.6 is 0 Å². The summed E-state index contributed by atoms with van der Waals surface area (Å²) in [6.07, 6.45) is -4.77. The van der Waals surface area contributed by atoms with Crippen LogP contribution in [0.3, 0.4) is 0 Å². The summed E-state index contributed by atoms with van der Waals surface area (Å²) >= 11 is 0. The van der Waals surface area contributed by atoms with E-state index in [2.05, 4.69) is 10.1 Å². The number of nitrogens with zero attached hydrogens (tertiary/aromatic N) is 4. The number of rotatable bonds is 3. The Balaban J connectivity index is 2.16. The summed E-state index contributed by atoms with van der Waals surface area (Å²) in [7, 11) is -3.95. The highest BCUT2D eigenvalue weighted by atomic mass is 32.2. The molecule has 0 saturated heterocycles. The summed E-state index contributed by atoms with van der Waals surface area (Å²) in [4.78, 5) is 3.36. The molecule has 7 nitrogen and oxygen atoms in total. The molecule has 0 spiro atoms. The maximum Gasteiger partial charge on any atom is 0.453 e. The zero-order chi connectivity index (χ0) is 19.8. The van der Waals surface area contributed by atoms with E-state index in [1.807, 2.05) is 6.07 Å². The van der Waals surface area contributed by atoms with Crippen molar-refractivity contribution in [3.63, 3.8) is 0 Å². The van der Waals surface area contributed by atoms with Crippen LogP contribution in [0.5, 0.6) is 0 Å². The lowest BCUT2D eigenvalue weighted by Gasteiger charge is -2.07. The zero-order valence-electron chi connectivity index (χ0n) is 13.3. The molecule has 1 aromatic heterocycles. The first-order chi connectivity index (χ1) is 12.6. The minimum absolute atomic E-state index is 0.116. The topological polar surface area (TPSA) is 115 Å². The fourth-order valence-corrected chi connectivity index (χ4v) is 2.79. The second kappa shape index (κ2) is 6.49. The van der Waals surface area contributed by atoms with Gasteiger partial charge in [0.25, 0.3) is 5.82 Å². The van der Waals surface area contributed by atoms with Crippen LogP contribution in [0, 0.1) is 11.3 Å². The first-order valence-corrected chi connectivity index (χ1v) is 8.82. The number of sulfonamides is 1. The van der Waals surface area contributed by atoms with Gasteiger partial charge in [-0.25, -0.2) is 23.2 Å². The first kappa shape index (κ1) is 18.6. The van der Waals surface area contributed by atoms with Gasteiger partial charge in [0.15, 0.2) is 5.82 Å². The van der Waals surface area contributed by atoms with E-state index < -0.39 is 22.0 Å². The summed E-state index contributed by atoms with van der Waals surface area (Å²) in [5, 5.41) is 17.4. The van der Waals surface area contributed by atoms with Crippen molar-refractivity contribution in [1.29, 1.82) is 5.26 Å². The Hall–Kier alpha value is -3.23. The maximum absolute atomic E-state index is 13.1. The van der Waals surface area contributed by atoms with Crippen LogP contribution in [-0.2, 0) is 16.2 Å². The van der Waals surface area contributed by atoms with Gasteiger partial charge in [-0.1, -0.05) is 0 Å². The number of nitrogens with two attached hydrogens (primary N) is 1. The van der Waals surface area contributed by atoms with Gasteiger partial charge in [-0.15, -0.1) is 5.10 Å². The molecule has 0 saturated carbocycles. The van der Waals surface area contributed by atoms with Crippen LogP contribution in [0.1, 0.15) is 11.4 Å². The summed E-state index contributed by atoms with van der Waals surface area (Å²) in [6.45, 7) is 0. The van der Waals surface area contributed by atoms with Crippen molar-refractivity contribution < 1.29 is 21.6 Å². The molecule has 0 unspecified atom stereocenters. The molecular weight excluding hydrogens is 383 g/mol. The van der Waals surface area contributed by atoms with Crippen molar-refractivity contribution in [2.24, 2.45) is 5.14 Å². The monoisotopic (exact) mass is 393 g/mol. The summed E-state index contributed by atoms with van der Waals surface area (Å²) in [6, 6.07) is 12.5. The first-order valence-electron chi connectivity index (χ1n) is 7.27. The van der Waals surface area contributed by atoms with Gasteiger partial charge in [0.1, 0.15) is 0 Å². The molecule has 0 aliphatic rings.